The van der Waals surface area contributed by atoms with Crippen LogP contribution < -0.4 is 5.73 Å². The molecule has 0 bridgehead atoms. The molecule has 4 heteroatoms. The molecule has 2 N–H and O–H groups in total. The van der Waals surface area contributed by atoms with Gasteiger partial charge in [0.2, 0.25) is 0 Å². The molecular formula is C13H20F2N2. The zero-order chi connectivity index (χ0) is 13.0. The predicted molar refractivity (Wildman–Crippen MR) is 64.2 cm³/mol. The minimum Gasteiger partial charge on any atom is -0.349 e. The summed E-state index contributed by atoms with van der Waals surface area (Å²) in [6, 6.07) is 1.82. The Morgan fingerprint density at radius 1 is 1.41 bits per heavy atom. The van der Waals surface area contributed by atoms with Crippen molar-refractivity contribution in [3.8, 4) is 0 Å². The summed E-state index contributed by atoms with van der Waals surface area (Å²) in [6.45, 7) is 8.90. The lowest BCUT2D eigenvalue weighted by Crippen LogP contribution is -2.27. The van der Waals surface area contributed by atoms with Gasteiger partial charge in [-0.1, -0.05) is 13.8 Å². The van der Waals surface area contributed by atoms with E-state index in [1.54, 1.807) is 0 Å². The van der Waals surface area contributed by atoms with Gasteiger partial charge in [0, 0.05) is 24.4 Å². The minimum absolute atomic E-state index is 0.230. The second-order valence-corrected chi connectivity index (χ2v) is 5.64. The van der Waals surface area contributed by atoms with Crippen molar-refractivity contribution in [1.82, 2.24) is 4.57 Å². The summed E-state index contributed by atoms with van der Waals surface area (Å²) in [5.41, 5.74) is 6.88. The Hall–Kier alpha value is -0.900. The Labute approximate surface area is 101 Å². The van der Waals surface area contributed by atoms with E-state index < -0.39 is 11.5 Å². The smallest absolute Gasteiger partial charge is 0.272 e. The molecule has 0 spiro atoms. The molecule has 0 radical (unpaired) electrons. The number of nitrogens with zero attached hydrogens (tertiary/aromatic N) is 1. The number of aryl methyl sites for hydroxylation is 1. The third-order valence-corrected chi connectivity index (χ3v) is 3.63. The standard InChI is InChI=1S/C13H20F2N2/c1-8(2)6-17-9(3)5-11(10(17)4)12(16)7-13(12,14)15/h5,8H,6-7,16H2,1-4H3. The van der Waals surface area contributed by atoms with Gasteiger partial charge in [-0.05, 0) is 31.4 Å². The van der Waals surface area contributed by atoms with Crippen molar-refractivity contribution in [3.05, 3.63) is 23.0 Å². The Bertz CT molecular complexity index is 449. The molecule has 1 fully saturated rings. The molecule has 17 heavy (non-hydrogen) atoms. The Morgan fingerprint density at radius 2 is 1.94 bits per heavy atom. The molecule has 1 aromatic rings. The van der Waals surface area contributed by atoms with E-state index in [1.165, 1.54) is 0 Å². The van der Waals surface area contributed by atoms with Gasteiger partial charge in [0.25, 0.3) is 5.92 Å². The first-order valence-electron chi connectivity index (χ1n) is 6.03. The highest BCUT2D eigenvalue weighted by molar-refractivity contribution is 5.41. The Morgan fingerprint density at radius 3 is 2.35 bits per heavy atom. The lowest BCUT2D eigenvalue weighted by atomic mass is 10.1. The largest absolute Gasteiger partial charge is 0.349 e. The summed E-state index contributed by atoms with van der Waals surface area (Å²) in [4.78, 5) is 0. The summed E-state index contributed by atoms with van der Waals surface area (Å²) < 4.78 is 28.7. The van der Waals surface area contributed by atoms with Crippen molar-refractivity contribution in [2.75, 3.05) is 0 Å². The van der Waals surface area contributed by atoms with Crippen LogP contribution in [-0.2, 0) is 12.1 Å². The van der Waals surface area contributed by atoms with E-state index in [0.29, 0.717) is 11.5 Å². The predicted octanol–water partition coefficient (Wildman–Crippen LogP) is 2.95. The van der Waals surface area contributed by atoms with Gasteiger partial charge < -0.3 is 10.3 Å². The summed E-state index contributed by atoms with van der Waals surface area (Å²) in [6.07, 6.45) is -0.230. The SMILES string of the molecule is Cc1cc(C2(N)CC2(F)F)c(C)n1CC(C)C. The van der Waals surface area contributed by atoms with Gasteiger partial charge in [-0.3, -0.25) is 0 Å². The van der Waals surface area contributed by atoms with Crippen LogP contribution in [0.2, 0.25) is 0 Å². The maximum absolute atomic E-state index is 13.3. The van der Waals surface area contributed by atoms with Crippen LogP contribution in [0.5, 0.6) is 0 Å². The maximum Gasteiger partial charge on any atom is 0.272 e. The van der Waals surface area contributed by atoms with Gasteiger partial charge in [0.15, 0.2) is 0 Å². The number of hydrogen-bond donors (Lipinski definition) is 1. The van der Waals surface area contributed by atoms with Crippen LogP contribution in [0.25, 0.3) is 0 Å². The average molecular weight is 242 g/mol. The average Bonchev–Trinajstić information content (AvgIpc) is 2.56. The number of aromatic nitrogens is 1. The molecule has 0 amide bonds. The lowest BCUT2D eigenvalue weighted by Gasteiger charge is -2.14. The number of nitrogens with two attached hydrogens (primary N) is 1. The van der Waals surface area contributed by atoms with Crippen molar-refractivity contribution in [2.45, 2.75) is 52.1 Å². The third-order valence-electron chi connectivity index (χ3n) is 3.63. The summed E-state index contributed by atoms with van der Waals surface area (Å²) in [5, 5.41) is 0. The maximum atomic E-state index is 13.3. The first-order chi connectivity index (χ1) is 7.69. The molecule has 0 aliphatic heterocycles. The van der Waals surface area contributed by atoms with Crippen LogP contribution in [0, 0.1) is 19.8 Å². The normalized spacial score (nSPS) is 26.6. The number of hydrogen-bond acceptors (Lipinski definition) is 1. The molecule has 0 saturated heterocycles. The van der Waals surface area contributed by atoms with Crippen LogP contribution in [0.15, 0.2) is 6.07 Å². The lowest BCUT2D eigenvalue weighted by molar-refractivity contribution is 0.0889. The van der Waals surface area contributed by atoms with Crippen LogP contribution >= 0.6 is 0 Å². The minimum atomic E-state index is -2.74. The monoisotopic (exact) mass is 242 g/mol. The van der Waals surface area contributed by atoms with Gasteiger partial charge in [-0.15, -0.1) is 0 Å². The zero-order valence-corrected chi connectivity index (χ0v) is 10.8. The molecule has 0 aromatic carbocycles. The van der Waals surface area contributed by atoms with Crippen LogP contribution in [0.4, 0.5) is 8.78 Å². The van der Waals surface area contributed by atoms with Crippen molar-refractivity contribution < 1.29 is 8.78 Å². The quantitative estimate of drug-likeness (QED) is 0.868. The van der Waals surface area contributed by atoms with Gasteiger partial charge >= 0.3 is 0 Å². The fraction of sp³-hybridized carbons (Fsp3) is 0.692. The van der Waals surface area contributed by atoms with E-state index >= 15 is 0 Å². The third kappa shape index (κ3) is 1.79. The molecule has 1 heterocycles. The van der Waals surface area contributed by atoms with Crippen LogP contribution in [-0.4, -0.2) is 10.5 Å². The molecule has 1 aliphatic rings. The molecule has 96 valence electrons. The molecule has 1 saturated carbocycles. The highest BCUT2D eigenvalue weighted by Crippen LogP contribution is 2.58. The van der Waals surface area contributed by atoms with E-state index in [0.717, 1.165) is 17.9 Å². The fourth-order valence-electron chi connectivity index (χ4n) is 2.50. The molecule has 1 unspecified atom stereocenters. The van der Waals surface area contributed by atoms with E-state index in [9.17, 15) is 8.78 Å². The van der Waals surface area contributed by atoms with Crippen LogP contribution in [0.3, 0.4) is 0 Å². The first-order valence-corrected chi connectivity index (χ1v) is 6.03. The van der Waals surface area contributed by atoms with Gasteiger partial charge in [0.05, 0.1) is 0 Å². The van der Waals surface area contributed by atoms with E-state index in [-0.39, 0.29) is 6.42 Å². The fourth-order valence-corrected chi connectivity index (χ4v) is 2.50. The van der Waals surface area contributed by atoms with Crippen molar-refractivity contribution in [1.29, 1.82) is 0 Å². The van der Waals surface area contributed by atoms with E-state index in [2.05, 4.69) is 18.4 Å². The van der Waals surface area contributed by atoms with Gasteiger partial charge in [-0.25, -0.2) is 8.78 Å². The van der Waals surface area contributed by atoms with Crippen LogP contribution in [0.1, 0.15) is 37.2 Å². The molecular weight excluding hydrogens is 222 g/mol. The van der Waals surface area contributed by atoms with Crippen molar-refractivity contribution in [2.24, 2.45) is 11.7 Å². The highest BCUT2D eigenvalue weighted by Gasteiger charge is 2.70. The molecule has 1 aliphatic carbocycles. The second-order valence-electron chi connectivity index (χ2n) is 5.64. The van der Waals surface area contributed by atoms with Gasteiger partial charge in [0.1, 0.15) is 5.54 Å². The number of halogens is 2. The number of alkyl halides is 2. The van der Waals surface area contributed by atoms with E-state index in [4.69, 9.17) is 5.73 Å². The van der Waals surface area contributed by atoms with E-state index in [1.807, 2.05) is 19.9 Å². The number of rotatable bonds is 3. The molecule has 2 rings (SSSR count). The van der Waals surface area contributed by atoms with Crippen molar-refractivity contribution in [3.63, 3.8) is 0 Å². The highest BCUT2D eigenvalue weighted by atomic mass is 19.3. The second kappa shape index (κ2) is 3.55. The first kappa shape index (κ1) is 12.6. The summed E-state index contributed by atoms with van der Waals surface area (Å²) >= 11 is 0. The molecule has 1 aromatic heterocycles. The Kier molecular flexibility index (Phi) is 2.62. The molecule has 2 nitrogen and oxygen atoms in total. The van der Waals surface area contributed by atoms with Crippen molar-refractivity contribution >= 4 is 0 Å². The topological polar surface area (TPSA) is 30.9 Å². The summed E-state index contributed by atoms with van der Waals surface area (Å²) in [5.74, 6) is -2.25. The Balaban J connectivity index is 2.39. The molecule has 1 atom stereocenters. The van der Waals surface area contributed by atoms with Gasteiger partial charge in [-0.2, -0.15) is 0 Å². The summed E-state index contributed by atoms with van der Waals surface area (Å²) in [7, 11) is 0. The zero-order valence-electron chi connectivity index (χ0n) is 10.8.